The number of aliphatic hydroxyl groups is 2. The molecule has 0 radical (unpaired) electrons. The van der Waals surface area contributed by atoms with Crippen LogP contribution in [-0.4, -0.2) is 22.5 Å². The molecule has 0 aromatic heterocycles. The molecule has 54 valence electrons. The third-order valence-electron chi connectivity index (χ3n) is 2.06. The first-order valence-electron chi connectivity index (χ1n) is 3.29. The molecule has 0 heterocycles. The number of rotatable bonds is 1. The van der Waals surface area contributed by atoms with Crippen LogP contribution in [0.2, 0.25) is 0 Å². The predicted octanol–water partition coefficient (Wildman–Crippen LogP) is -0.574. The van der Waals surface area contributed by atoms with Gasteiger partial charge in [0.1, 0.15) is 5.72 Å². The molecule has 0 aromatic carbocycles. The van der Waals surface area contributed by atoms with Crippen LogP contribution in [0.4, 0.5) is 0 Å². The van der Waals surface area contributed by atoms with E-state index in [0.717, 1.165) is 12.8 Å². The van der Waals surface area contributed by atoms with Gasteiger partial charge in [-0.2, -0.15) is 0 Å². The van der Waals surface area contributed by atoms with Crippen molar-refractivity contribution in [2.45, 2.75) is 25.0 Å². The molecule has 4 N–H and O–H groups in total. The Morgan fingerprint density at radius 1 is 1.67 bits per heavy atom. The van der Waals surface area contributed by atoms with Crippen LogP contribution in [0.15, 0.2) is 0 Å². The molecule has 9 heavy (non-hydrogen) atoms. The molecule has 3 nitrogen and oxygen atoms in total. The van der Waals surface area contributed by atoms with Crippen LogP contribution in [0.3, 0.4) is 0 Å². The fourth-order valence-corrected chi connectivity index (χ4v) is 1.34. The summed E-state index contributed by atoms with van der Waals surface area (Å²) in [6.45, 7) is 0.00694. The van der Waals surface area contributed by atoms with E-state index in [1.807, 2.05) is 0 Å². The Kier molecular flexibility index (Phi) is 1.75. The molecule has 0 spiro atoms. The zero-order valence-corrected chi connectivity index (χ0v) is 5.38. The van der Waals surface area contributed by atoms with Crippen LogP contribution in [0, 0.1) is 5.92 Å². The summed E-state index contributed by atoms with van der Waals surface area (Å²) in [6, 6.07) is 0. The lowest BCUT2D eigenvalue weighted by Gasteiger charge is -2.22. The lowest BCUT2D eigenvalue weighted by atomic mass is 10.0. The Bertz CT molecular complexity index is 103. The minimum Gasteiger partial charge on any atom is -0.396 e. The smallest absolute Gasteiger partial charge is 0.118 e. The van der Waals surface area contributed by atoms with Gasteiger partial charge in [0.05, 0.1) is 0 Å². The first-order chi connectivity index (χ1) is 4.17. The van der Waals surface area contributed by atoms with Gasteiger partial charge < -0.3 is 15.9 Å². The lowest BCUT2D eigenvalue weighted by Crippen LogP contribution is -2.44. The van der Waals surface area contributed by atoms with Gasteiger partial charge in [-0.15, -0.1) is 0 Å². The van der Waals surface area contributed by atoms with Gasteiger partial charge in [0.15, 0.2) is 0 Å². The van der Waals surface area contributed by atoms with E-state index in [1.165, 1.54) is 0 Å². The second-order valence-corrected chi connectivity index (χ2v) is 2.76. The minimum absolute atomic E-state index is 0.00694. The molecule has 1 aliphatic carbocycles. The highest BCUT2D eigenvalue weighted by atomic mass is 16.3. The zero-order valence-electron chi connectivity index (χ0n) is 5.38. The van der Waals surface area contributed by atoms with E-state index >= 15 is 0 Å². The molecule has 1 fully saturated rings. The molecule has 2 unspecified atom stereocenters. The predicted molar refractivity (Wildman–Crippen MR) is 33.6 cm³/mol. The van der Waals surface area contributed by atoms with Crippen molar-refractivity contribution in [2.24, 2.45) is 11.7 Å². The minimum atomic E-state index is -1.09. The summed E-state index contributed by atoms with van der Waals surface area (Å²) >= 11 is 0. The summed E-state index contributed by atoms with van der Waals surface area (Å²) in [7, 11) is 0. The first-order valence-corrected chi connectivity index (χ1v) is 3.29. The highest BCUT2D eigenvalue weighted by Crippen LogP contribution is 2.30. The van der Waals surface area contributed by atoms with Gasteiger partial charge in [-0.1, -0.05) is 0 Å². The third kappa shape index (κ3) is 1.23. The van der Waals surface area contributed by atoms with Gasteiger partial charge in [0.2, 0.25) is 0 Å². The molecule has 3 heteroatoms. The van der Waals surface area contributed by atoms with Gasteiger partial charge in [-0.05, 0) is 19.3 Å². The number of hydrogen-bond donors (Lipinski definition) is 3. The lowest BCUT2D eigenvalue weighted by molar-refractivity contribution is -0.0128. The van der Waals surface area contributed by atoms with E-state index in [-0.39, 0.29) is 12.5 Å². The van der Waals surface area contributed by atoms with Crippen molar-refractivity contribution in [3.63, 3.8) is 0 Å². The summed E-state index contributed by atoms with van der Waals surface area (Å²) in [6.07, 6.45) is 2.40. The molecule has 0 aromatic rings. The highest BCUT2D eigenvalue weighted by molar-refractivity contribution is 4.86. The van der Waals surface area contributed by atoms with Crippen molar-refractivity contribution in [2.75, 3.05) is 6.61 Å². The Morgan fingerprint density at radius 2 is 2.33 bits per heavy atom. The monoisotopic (exact) mass is 131 g/mol. The van der Waals surface area contributed by atoms with Crippen molar-refractivity contribution in [1.82, 2.24) is 0 Å². The Labute approximate surface area is 54.5 Å². The van der Waals surface area contributed by atoms with Crippen molar-refractivity contribution < 1.29 is 10.2 Å². The van der Waals surface area contributed by atoms with Crippen LogP contribution in [0.25, 0.3) is 0 Å². The molecule has 0 saturated heterocycles. The van der Waals surface area contributed by atoms with Crippen LogP contribution in [0.1, 0.15) is 19.3 Å². The average molecular weight is 131 g/mol. The topological polar surface area (TPSA) is 66.5 Å². The summed E-state index contributed by atoms with van der Waals surface area (Å²) in [5.41, 5.74) is 4.34. The third-order valence-corrected chi connectivity index (χ3v) is 2.06. The quantitative estimate of drug-likeness (QED) is 0.417. The summed E-state index contributed by atoms with van der Waals surface area (Å²) in [5, 5.41) is 17.9. The van der Waals surface area contributed by atoms with Crippen LogP contribution in [-0.2, 0) is 0 Å². The Balaban J connectivity index is 2.52. The van der Waals surface area contributed by atoms with Crippen molar-refractivity contribution in [3.8, 4) is 0 Å². The second kappa shape index (κ2) is 2.25. The molecule has 1 aliphatic rings. The van der Waals surface area contributed by atoms with Gasteiger partial charge >= 0.3 is 0 Å². The first kappa shape index (κ1) is 6.99. The zero-order chi connectivity index (χ0) is 6.91. The molecule has 0 aliphatic heterocycles. The normalized spacial score (nSPS) is 43.7. The largest absolute Gasteiger partial charge is 0.396 e. The van der Waals surface area contributed by atoms with Crippen molar-refractivity contribution >= 4 is 0 Å². The molecule has 1 rings (SSSR count). The van der Waals surface area contributed by atoms with Gasteiger partial charge in [0, 0.05) is 12.5 Å². The van der Waals surface area contributed by atoms with Crippen LogP contribution in [0.5, 0.6) is 0 Å². The summed E-state index contributed by atoms with van der Waals surface area (Å²) in [5.74, 6) is -0.0995. The maximum Gasteiger partial charge on any atom is 0.118 e. The Hall–Kier alpha value is -0.120. The second-order valence-electron chi connectivity index (χ2n) is 2.76. The van der Waals surface area contributed by atoms with Crippen molar-refractivity contribution in [3.05, 3.63) is 0 Å². The summed E-state index contributed by atoms with van der Waals surface area (Å²) in [4.78, 5) is 0. The van der Waals surface area contributed by atoms with Crippen LogP contribution >= 0.6 is 0 Å². The maximum atomic E-state index is 9.27. The highest BCUT2D eigenvalue weighted by Gasteiger charge is 2.36. The molecule has 0 bridgehead atoms. The fourth-order valence-electron chi connectivity index (χ4n) is 1.34. The van der Waals surface area contributed by atoms with E-state index < -0.39 is 5.72 Å². The van der Waals surface area contributed by atoms with E-state index in [4.69, 9.17) is 10.8 Å². The molecule has 0 amide bonds. The van der Waals surface area contributed by atoms with Crippen molar-refractivity contribution in [1.29, 1.82) is 0 Å². The number of nitrogens with two attached hydrogens (primary N) is 1. The number of aliphatic hydroxyl groups excluding tert-OH is 1. The van der Waals surface area contributed by atoms with Crippen LogP contribution < -0.4 is 5.73 Å². The van der Waals surface area contributed by atoms with E-state index in [2.05, 4.69) is 0 Å². The van der Waals surface area contributed by atoms with Gasteiger partial charge in [0.25, 0.3) is 0 Å². The SMILES string of the molecule is NC1(O)CCCC1CO. The molecule has 1 saturated carbocycles. The van der Waals surface area contributed by atoms with E-state index in [0.29, 0.717) is 6.42 Å². The summed E-state index contributed by atoms with van der Waals surface area (Å²) < 4.78 is 0. The van der Waals surface area contributed by atoms with E-state index in [1.54, 1.807) is 0 Å². The average Bonchev–Trinajstić information content (AvgIpc) is 2.08. The van der Waals surface area contributed by atoms with E-state index in [9.17, 15) is 5.11 Å². The standard InChI is InChI=1S/C6H13NO2/c7-6(9)3-1-2-5(6)4-8/h5,8-9H,1-4,7H2. The maximum absolute atomic E-state index is 9.27. The molecule has 2 atom stereocenters. The van der Waals surface area contributed by atoms with Gasteiger partial charge in [-0.25, -0.2) is 0 Å². The number of hydrogen-bond acceptors (Lipinski definition) is 3. The molecular weight excluding hydrogens is 118 g/mol. The Morgan fingerprint density at radius 3 is 2.56 bits per heavy atom. The van der Waals surface area contributed by atoms with Gasteiger partial charge in [-0.3, -0.25) is 0 Å². The molecular formula is C6H13NO2. The fraction of sp³-hybridized carbons (Fsp3) is 1.00.